The van der Waals surface area contributed by atoms with Gasteiger partial charge in [0, 0.05) is 37.5 Å². The Bertz CT molecular complexity index is 563. The molecule has 0 unspecified atom stereocenters. The Morgan fingerprint density at radius 3 is 2.76 bits per heavy atom. The Kier molecular flexibility index (Phi) is 5.39. The molecule has 0 fully saturated rings. The summed E-state index contributed by atoms with van der Waals surface area (Å²) in [6.07, 6.45) is 3.59. The van der Waals surface area contributed by atoms with Gasteiger partial charge in [0.1, 0.15) is 11.6 Å². The van der Waals surface area contributed by atoms with E-state index >= 15 is 0 Å². The van der Waals surface area contributed by atoms with Gasteiger partial charge in [-0.25, -0.2) is 4.98 Å². The summed E-state index contributed by atoms with van der Waals surface area (Å²) in [6.45, 7) is 9.08. The smallest absolute Gasteiger partial charge is 0.133 e. The van der Waals surface area contributed by atoms with Crippen molar-refractivity contribution >= 4 is 5.82 Å². The zero-order valence-electron chi connectivity index (χ0n) is 13.4. The van der Waals surface area contributed by atoms with Crippen LogP contribution >= 0.6 is 0 Å². The van der Waals surface area contributed by atoms with Gasteiger partial charge in [-0.1, -0.05) is 19.9 Å². The lowest BCUT2D eigenvalue weighted by Crippen LogP contribution is -2.23. The molecule has 0 amide bonds. The zero-order valence-corrected chi connectivity index (χ0v) is 13.4. The maximum Gasteiger partial charge on any atom is 0.133 e. The Balaban J connectivity index is 2.06. The number of nitrogens with zero attached hydrogens (tertiary/aromatic N) is 2. The topological polar surface area (TPSA) is 41.3 Å². The van der Waals surface area contributed by atoms with Crippen LogP contribution in [0.15, 0.2) is 35.1 Å². The van der Waals surface area contributed by atoms with Crippen molar-refractivity contribution in [3.63, 3.8) is 0 Å². The lowest BCUT2D eigenvalue weighted by atomic mass is 10.2. The Hall–Kier alpha value is -1.81. The zero-order chi connectivity index (χ0) is 15.2. The molecule has 21 heavy (non-hydrogen) atoms. The molecule has 0 aliphatic rings. The number of rotatable bonds is 7. The van der Waals surface area contributed by atoms with E-state index in [0.717, 1.165) is 31.2 Å². The first-order chi connectivity index (χ1) is 10.1. The summed E-state index contributed by atoms with van der Waals surface area (Å²) >= 11 is 0. The predicted octanol–water partition coefficient (Wildman–Crippen LogP) is 3.37. The summed E-state index contributed by atoms with van der Waals surface area (Å²) in [6, 6.07) is 6.15. The number of hydrogen-bond donors (Lipinski definition) is 1. The van der Waals surface area contributed by atoms with Crippen molar-refractivity contribution in [2.24, 2.45) is 5.92 Å². The number of aryl methyl sites for hydroxylation is 1. The molecule has 0 spiro atoms. The summed E-state index contributed by atoms with van der Waals surface area (Å²) in [5, 5.41) is 3.48. The molecule has 4 nitrogen and oxygen atoms in total. The monoisotopic (exact) mass is 287 g/mol. The molecule has 0 radical (unpaired) electrons. The van der Waals surface area contributed by atoms with E-state index in [-0.39, 0.29) is 0 Å². The summed E-state index contributed by atoms with van der Waals surface area (Å²) in [7, 11) is 2.07. The summed E-state index contributed by atoms with van der Waals surface area (Å²) < 4.78 is 5.36. The molecule has 114 valence electrons. The molecular weight excluding hydrogens is 262 g/mol. The van der Waals surface area contributed by atoms with Crippen molar-refractivity contribution in [1.29, 1.82) is 0 Å². The molecule has 0 atom stereocenters. The highest BCUT2D eigenvalue weighted by Crippen LogP contribution is 2.19. The molecule has 2 heterocycles. The average Bonchev–Trinajstić information content (AvgIpc) is 2.84. The molecule has 0 bridgehead atoms. The molecule has 2 rings (SSSR count). The van der Waals surface area contributed by atoms with Crippen LogP contribution in [0, 0.1) is 12.8 Å². The van der Waals surface area contributed by atoms with Gasteiger partial charge < -0.3 is 14.6 Å². The molecule has 1 N–H and O–H groups in total. The van der Waals surface area contributed by atoms with E-state index in [4.69, 9.17) is 4.42 Å². The van der Waals surface area contributed by atoms with Crippen LogP contribution in [-0.4, -0.2) is 18.6 Å². The SMILES string of the molecule is Cc1occc1CN(C)c1ncccc1CNCC(C)C. The number of hydrogen-bond acceptors (Lipinski definition) is 4. The highest BCUT2D eigenvalue weighted by Gasteiger charge is 2.11. The van der Waals surface area contributed by atoms with Crippen LogP contribution in [-0.2, 0) is 13.1 Å². The van der Waals surface area contributed by atoms with Crippen LogP contribution in [0.2, 0.25) is 0 Å². The van der Waals surface area contributed by atoms with E-state index in [2.05, 4.69) is 42.2 Å². The fraction of sp³-hybridized carbons (Fsp3) is 0.471. The molecule has 0 aromatic carbocycles. The Labute approximate surface area is 127 Å². The van der Waals surface area contributed by atoms with Gasteiger partial charge >= 0.3 is 0 Å². The van der Waals surface area contributed by atoms with Gasteiger partial charge in [-0.3, -0.25) is 0 Å². The number of furan rings is 1. The van der Waals surface area contributed by atoms with Gasteiger partial charge in [-0.05, 0) is 31.5 Å². The van der Waals surface area contributed by atoms with Crippen LogP contribution in [0.3, 0.4) is 0 Å². The minimum Gasteiger partial charge on any atom is -0.469 e. The van der Waals surface area contributed by atoms with Crippen LogP contribution in [0.25, 0.3) is 0 Å². The first kappa shape index (κ1) is 15.6. The predicted molar refractivity (Wildman–Crippen MR) is 86.3 cm³/mol. The fourth-order valence-corrected chi connectivity index (χ4v) is 2.31. The van der Waals surface area contributed by atoms with Crippen LogP contribution < -0.4 is 10.2 Å². The van der Waals surface area contributed by atoms with E-state index in [1.807, 2.05) is 25.3 Å². The summed E-state index contributed by atoms with van der Waals surface area (Å²) in [5.74, 6) is 2.64. The summed E-state index contributed by atoms with van der Waals surface area (Å²) in [5.41, 5.74) is 2.42. The van der Waals surface area contributed by atoms with Crippen LogP contribution in [0.5, 0.6) is 0 Å². The maximum atomic E-state index is 5.36. The highest BCUT2D eigenvalue weighted by molar-refractivity contribution is 5.46. The molecule has 0 aliphatic carbocycles. The second-order valence-electron chi connectivity index (χ2n) is 5.87. The molecule has 0 aliphatic heterocycles. The Morgan fingerprint density at radius 2 is 2.10 bits per heavy atom. The van der Waals surface area contributed by atoms with Gasteiger partial charge in [0.25, 0.3) is 0 Å². The minimum atomic E-state index is 0.649. The van der Waals surface area contributed by atoms with Crippen LogP contribution in [0.1, 0.15) is 30.7 Å². The van der Waals surface area contributed by atoms with Crippen molar-refractivity contribution in [2.45, 2.75) is 33.9 Å². The van der Waals surface area contributed by atoms with Gasteiger partial charge in [0.15, 0.2) is 0 Å². The van der Waals surface area contributed by atoms with E-state index in [1.54, 1.807) is 6.26 Å². The second-order valence-corrected chi connectivity index (χ2v) is 5.87. The number of anilines is 1. The molecular formula is C17H25N3O. The third kappa shape index (κ3) is 4.33. The normalized spacial score (nSPS) is 11.1. The van der Waals surface area contributed by atoms with E-state index in [0.29, 0.717) is 5.92 Å². The van der Waals surface area contributed by atoms with Crippen molar-refractivity contribution in [2.75, 3.05) is 18.5 Å². The fourth-order valence-electron chi connectivity index (χ4n) is 2.31. The lowest BCUT2D eigenvalue weighted by Gasteiger charge is -2.21. The first-order valence-electron chi connectivity index (χ1n) is 7.46. The van der Waals surface area contributed by atoms with Gasteiger partial charge in [-0.15, -0.1) is 0 Å². The van der Waals surface area contributed by atoms with Crippen molar-refractivity contribution in [1.82, 2.24) is 10.3 Å². The molecule has 2 aromatic rings. The standard InChI is InChI=1S/C17H25N3O/c1-13(2)10-18-11-15-6-5-8-19-17(15)20(4)12-16-7-9-21-14(16)3/h5-9,13,18H,10-12H2,1-4H3. The molecule has 0 saturated carbocycles. The lowest BCUT2D eigenvalue weighted by molar-refractivity contribution is 0.529. The van der Waals surface area contributed by atoms with Crippen molar-refractivity contribution in [3.05, 3.63) is 47.5 Å². The maximum absolute atomic E-state index is 5.36. The van der Waals surface area contributed by atoms with Gasteiger partial charge in [0.2, 0.25) is 0 Å². The number of aromatic nitrogens is 1. The number of nitrogens with one attached hydrogen (secondary N) is 1. The van der Waals surface area contributed by atoms with Crippen molar-refractivity contribution < 1.29 is 4.42 Å². The molecule has 0 saturated heterocycles. The third-order valence-corrected chi connectivity index (χ3v) is 3.47. The average molecular weight is 287 g/mol. The second kappa shape index (κ2) is 7.27. The Morgan fingerprint density at radius 1 is 1.29 bits per heavy atom. The molecule has 4 heteroatoms. The van der Waals surface area contributed by atoms with E-state index in [9.17, 15) is 0 Å². The van der Waals surface area contributed by atoms with Gasteiger partial charge in [-0.2, -0.15) is 0 Å². The van der Waals surface area contributed by atoms with E-state index in [1.165, 1.54) is 11.1 Å². The molecule has 2 aromatic heterocycles. The third-order valence-electron chi connectivity index (χ3n) is 3.47. The van der Waals surface area contributed by atoms with Gasteiger partial charge in [0.05, 0.1) is 6.26 Å². The highest BCUT2D eigenvalue weighted by atomic mass is 16.3. The van der Waals surface area contributed by atoms with E-state index < -0.39 is 0 Å². The quantitative estimate of drug-likeness (QED) is 0.848. The van der Waals surface area contributed by atoms with Crippen LogP contribution in [0.4, 0.5) is 5.82 Å². The summed E-state index contributed by atoms with van der Waals surface area (Å²) in [4.78, 5) is 6.71. The largest absolute Gasteiger partial charge is 0.469 e. The number of pyridine rings is 1. The minimum absolute atomic E-state index is 0.649. The first-order valence-corrected chi connectivity index (χ1v) is 7.46. The van der Waals surface area contributed by atoms with Crippen molar-refractivity contribution in [3.8, 4) is 0 Å².